The fourth-order valence-electron chi connectivity index (χ4n) is 0.416. The van der Waals surface area contributed by atoms with Crippen molar-refractivity contribution in [1.82, 2.24) is 0 Å². The number of carbonyl (C=O) groups excluding carboxylic acids is 1. The van der Waals surface area contributed by atoms with Crippen LogP contribution in [-0.2, 0) is 14.4 Å². The molecule has 4 heteroatoms. The summed E-state index contributed by atoms with van der Waals surface area (Å²) in [5, 5.41) is 8.03. The first-order chi connectivity index (χ1) is 4.26. The van der Waals surface area contributed by atoms with Crippen LogP contribution in [0.5, 0.6) is 0 Å². The van der Waals surface area contributed by atoms with E-state index in [9.17, 15) is 4.79 Å². The number of rotatable bonds is 3. The van der Waals surface area contributed by atoms with E-state index in [-0.39, 0.29) is 0 Å². The number of esters is 1. The van der Waals surface area contributed by atoms with Crippen molar-refractivity contribution in [3.8, 4) is 0 Å². The van der Waals surface area contributed by atoms with Crippen LogP contribution >= 0.6 is 0 Å². The normalized spacial score (nSPS) is 12.8. The van der Waals surface area contributed by atoms with Crippen LogP contribution in [0.2, 0.25) is 0 Å². The van der Waals surface area contributed by atoms with Crippen LogP contribution in [-0.4, -0.2) is 24.4 Å². The fourth-order valence-corrected chi connectivity index (χ4v) is 0.416. The molecule has 0 radical (unpaired) electrons. The standard InChI is InChI=1S/C5H10O4/c1-3-4(9-7)5(6)8-2/h4,7H,3H2,1-2H3/t4-/m1/s1. The zero-order valence-corrected chi connectivity index (χ0v) is 5.46. The molecule has 0 spiro atoms. The molecule has 0 fully saturated rings. The molecule has 0 aromatic heterocycles. The van der Waals surface area contributed by atoms with Crippen LogP contribution in [0.1, 0.15) is 13.3 Å². The first-order valence-electron chi connectivity index (χ1n) is 2.64. The van der Waals surface area contributed by atoms with E-state index in [4.69, 9.17) is 5.26 Å². The maximum absolute atomic E-state index is 10.5. The molecule has 0 aromatic rings. The largest absolute Gasteiger partial charge is 0.467 e. The molecule has 0 rings (SSSR count). The van der Waals surface area contributed by atoms with Gasteiger partial charge in [0, 0.05) is 0 Å². The Labute approximate surface area is 53.3 Å². The van der Waals surface area contributed by atoms with Crippen molar-refractivity contribution in [3.63, 3.8) is 0 Å². The van der Waals surface area contributed by atoms with Gasteiger partial charge in [0.15, 0.2) is 6.10 Å². The Morgan fingerprint density at radius 3 is 2.44 bits per heavy atom. The van der Waals surface area contributed by atoms with Gasteiger partial charge in [-0.15, -0.1) is 0 Å². The number of hydrogen-bond acceptors (Lipinski definition) is 4. The van der Waals surface area contributed by atoms with Gasteiger partial charge in [-0.3, -0.25) is 5.26 Å². The molecule has 0 amide bonds. The smallest absolute Gasteiger partial charge is 0.338 e. The van der Waals surface area contributed by atoms with Gasteiger partial charge in [0.2, 0.25) is 0 Å². The van der Waals surface area contributed by atoms with E-state index in [1.807, 2.05) is 0 Å². The van der Waals surface area contributed by atoms with Crippen LogP contribution < -0.4 is 0 Å². The zero-order valence-electron chi connectivity index (χ0n) is 5.46. The molecule has 0 aliphatic heterocycles. The summed E-state index contributed by atoms with van der Waals surface area (Å²) in [6.45, 7) is 1.71. The summed E-state index contributed by atoms with van der Waals surface area (Å²) in [6.07, 6.45) is -0.432. The van der Waals surface area contributed by atoms with Crippen molar-refractivity contribution in [2.45, 2.75) is 19.4 Å². The topological polar surface area (TPSA) is 55.8 Å². The lowest BCUT2D eigenvalue weighted by molar-refractivity contribution is -0.277. The predicted molar refractivity (Wildman–Crippen MR) is 29.8 cm³/mol. The highest BCUT2D eigenvalue weighted by atomic mass is 17.1. The molecule has 9 heavy (non-hydrogen) atoms. The molecule has 4 nitrogen and oxygen atoms in total. The molecule has 0 heterocycles. The molecular formula is C5H10O4. The Morgan fingerprint density at radius 1 is 1.78 bits per heavy atom. The van der Waals surface area contributed by atoms with Crippen molar-refractivity contribution in [1.29, 1.82) is 0 Å². The maximum Gasteiger partial charge on any atom is 0.338 e. The molecule has 0 bridgehead atoms. The van der Waals surface area contributed by atoms with Gasteiger partial charge in [-0.05, 0) is 6.42 Å². The van der Waals surface area contributed by atoms with Crippen molar-refractivity contribution >= 4 is 5.97 Å². The van der Waals surface area contributed by atoms with Crippen LogP contribution in [0.3, 0.4) is 0 Å². The average molecular weight is 134 g/mol. The van der Waals surface area contributed by atoms with Crippen LogP contribution in [0, 0.1) is 0 Å². The van der Waals surface area contributed by atoms with E-state index in [0.717, 1.165) is 0 Å². The van der Waals surface area contributed by atoms with E-state index in [1.54, 1.807) is 6.92 Å². The second kappa shape index (κ2) is 4.29. The minimum Gasteiger partial charge on any atom is -0.467 e. The van der Waals surface area contributed by atoms with Gasteiger partial charge >= 0.3 is 5.97 Å². The van der Waals surface area contributed by atoms with Crippen molar-refractivity contribution < 1.29 is 19.7 Å². The molecule has 0 aliphatic carbocycles. The Bertz CT molecular complexity index is 87.0. The van der Waals surface area contributed by atoms with Crippen molar-refractivity contribution in [3.05, 3.63) is 0 Å². The second-order valence-corrected chi connectivity index (χ2v) is 1.53. The van der Waals surface area contributed by atoms with E-state index >= 15 is 0 Å². The van der Waals surface area contributed by atoms with Crippen LogP contribution in [0.4, 0.5) is 0 Å². The monoisotopic (exact) mass is 134 g/mol. The first-order valence-corrected chi connectivity index (χ1v) is 2.64. The molecule has 1 atom stereocenters. The lowest BCUT2D eigenvalue weighted by Crippen LogP contribution is -2.23. The Morgan fingerprint density at radius 2 is 2.33 bits per heavy atom. The van der Waals surface area contributed by atoms with Crippen molar-refractivity contribution in [2.24, 2.45) is 0 Å². The zero-order chi connectivity index (χ0) is 7.28. The molecule has 54 valence electrons. The molecule has 0 saturated carbocycles. The van der Waals surface area contributed by atoms with Crippen LogP contribution in [0.25, 0.3) is 0 Å². The summed E-state index contributed by atoms with van der Waals surface area (Å²) < 4.78 is 4.27. The lowest BCUT2D eigenvalue weighted by Gasteiger charge is -2.06. The lowest BCUT2D eigenvalue weighted by atomic mass is 10.3. The highest BCUT2D eigenvalue weighted by molar-refractivity contribution is 5.74. The average Bonchev–Trinajstić information content (AvgIpc) is 1.90. The highest BCUT2D eigenvalue weighted by Gasteiger charge is 2.16. The summed E-state index contributed by atoms with van der Waals surface area (Å²) in [7, 11) is 1.24. The Kier molecular flexibility index (Phi) is 4.00. The van der Waals surface area contributed by atoms with Gasteiger partial charge in [0.05, 0.1) is 7.11 Å². The molecule has 0 aromatic carbocycles. The quantitative estimate of drug-likeness (QED) is 0.345. The minimum atomic E-state index is -0.838. The molecule has 1 N–H and O–H groups in total. The molecule has 0 aliphatic rings. The second-order valence-electron chi connectivity index (χ2n) is 1.53. The third-order valence-electron chi connectivity index (χ3n) is 0.962. The summed E-state index contributed by atoms with van der Waals surface area (Å²) >= 11 is 0. The van der Waals surface area contributed by atoms with E-state index in [1.165, 1.54) is 7.11 Å². The van der Waals surface area contributed by atoms with E-state index in [0.29, 0.717) is 6.42 Å². The van der Waals surface area contributed by atoms with Gasteiger partial charge < -0.3 is 4.74 Å². The fraction of sp³-hybridized carbons (Fsp3) is 0.800. The van der Waals surface area contributed by atoms with Gasteiger partial charge in [0.1, 0.15) is 0 Å². The Hall–Kier alpha value is -0.610. The summed E-state index contributed by atoms with van der Waals surface area (Å²) in [5.41, 5.74) is 0. The number of carbonyl (C=O) groups is 1. The van der Waals surface area contributed by atoms with E-state index in [2.05, 4.69) is 9.62 Å². The van der Waals surface area contributed by atoms with Crippen molar-refractivity contribution in [2.75, 3.05) is 7.11 Å². The van der Waals surface area contributed by atoms with Crippen LogP contribution in [0.15, 0.2) is 0 Å². The van der Waals surface area contributed by atoms with Gasteiger partial charge in [-0.1, -0.05) is 6.92 Å². The van der Waals surface area contributed by atoms with E-state index < -0.39 is 12.1 Å². The minimum absolute atomic E-state index is 0.406. The third-order valence-corrected chi connectivity index (χ3v) is 0.962. The summed E-state index contributed by atoms with van der Waals surface area (Å²) in [6, 6.07) is 0. The number of ether oxygens (including phenoxy) is 1. The first kappa shape index (κ1) is 8.39. The predicted octanol–water partition coefficient (Wildman–Crippen LogP) is 0.428. The summed E-state index contributed by atoms with van der Waals surface area (Å²) in [4.78, 5) is 14.2. The maximum atomic E-state index is 10.5. The van der Waals surface area contributed by atoms with Gasteiger partial charge in [-0.2, -0.15) is 0 Å². The number of methoxy groups -OCH3 is 1. The van der Waals surface area contributed by atoms with Gasteiger partial charge in [0.25, 0.3) is 0 Å². The highest BCUT2D eigenvalue weighted by Crippen LogP contribution is 1.96. The Balaban J connectivity index is 3.64. The SMILES string of the molecule is CC[C@@H](OO)C(=O)OC. The van der Waals surface area contributed by atoms with Gasteiger partial charge in [-0.25, -0.2) is 9.68 Å². The molecule has 0 unspecified atom stereocenters. The molecular weight excluding hydrogens is 124 g/mol. The summed E-state index contributed by atoms with van der Waals surface area (Å²) in [5.74, 6) is -0.556. The number of hydrogen-bond donors (Lipinski definition) is 1. The molecule has 0 saturated heterocycles. The third kappa shape index (κ3) is 2.43.